The first-order valence-electron chi connectivity index (χ1n) is 14.7. The van der Waals surface area contributed by atoms with Gasteiger partial charge >= 0.3 is 5.97 Å². The van der Waals surface area contributed by atoms with Gasteiger partial charge in [-0.2, -0.15) is 0 Å². The molecule has 8 nitrogen and oxygen atoms in total. The molecule has 0 amide bonds. The highest BCUT2D eigenvalue weighted by atomic mass is 16.5. The second kappa shape index (κ2) is 13.7. The zero-order chi connectivity index (χ0) is 31.9. The summed E-state index contributed by atoms with van der Waals surface area (Å²) < 4.78 is 25.4. The van der Waals surface area contributed by atoms with Crippen LogP contribution in [0.5, 0.6) is 23.0 Å². The Labute approximate surface area is 267 Å². The minimum absolute atomic E-state index is 0.0306. The highest BCUT2D eigenvalue weighted by molar-refractivity contribution is 5.92. The normalized spacial score (nSPS) is 10.7. The van der Waals surface area contributed by atoms with E-state index in [1.807, 2.05) is 114 Å². The third kappa shape index (κ3) is 6.56. The minimum Gasteiger partial charge on any atom is -0.497 e. The molecule has 0 saturated heterocycles. The summed E-state index contributed by atoms with van der Waals surface area (Å²) in [5.74, 6) is 1.60. The summed E-state index contributed by atoms with van der Waals surface area (Å²) in [7, 11) is 3.06. The van der Waals surface area contributed by atoms with Gasteiger partial charge in [-0.25, -0.2) is 9.78 Å². The number of carbonyl (C=O) groups is 1. The Hall–Kier alpha value is -6.02. The molecule has 0 radical (unpaired) electrons. The molecule has 1 N–H and O–H groups in total. The number of aromatic carboxylic acids is 1. The zero-order valence-corrected chi connectivity index (χ0v) is 25.4. The molecule has 0 unspecified atom stereocenters. The fourth-order valence-electron chi connectivity index (χ4n) is 5.12. The van der Waals surface area contributed by atoms with E-state index in [0.29, 0.717) is 53.2 Å². The molecule has 0 aliphatic heterocycles. The van der Waals surface area contributed by atoms with Crippen LogP contribution in [0.15, 0.2) is 128 Å². The lowest BCUT2D eigenvalue weighted by Gasteiger charge is -2.14. The first-order chi connectivity index (χ1) is 22.5. The highest BCUT2D eigenvalue weighted by Gasteiger charge is 2.21. The van der Waals surface area contributed by atoms with Gasteiger partial charge in [-0.05, 0) is 59.7 Å². The van der Waals surface area contributed by atoms with E-state index in [1.165, 1.54) is 7.11 Å². The molecule has 46 heavy (non-hydrogen) atoms. The van der Waals surface area contributed by atoms with Crippen LogP contribution in [0, 0.1) is 0 Å². The van der Waals surface area contributed by atoms with Crippen LogP contribution in [0.25, 0.3) is 28.3 Å². The fraction of sp³-hybridized carbons (Fsp3) is 0.105. The van der Waals surface area contributed by atoms with Crippen LogP contribution in [-0.2, 0) is 13.2 Å². The minimum atomic E-state index is -1.10. The average molecular weight is 613 g/mol. The number of hydrogen-bond acceptors (Lipinski definition) is 6. The molecule has 230 valence electrons. The molecule has 0 fully saturated rings. The van der Waals surface area contributed by atoms with Crippen molar-refractivity contribution in [1.82, 2.24) is 9.55 Å². The summed E-state index contributed by atoms with van der Waals surface area (Å²) in [4.78, 5) is 17.3. The van der Waals surface area contributed by atoms with Crippen LogP contribution in [0.4, 0.5) is 0 Å². The Morgan fingerprint density at radius 2 is 1.28 bits per heavy atom. The topological polar surface area (TPSA) is 92.0 Å². The highest BCUT2D eigenvalue weighted by Crippen LogP contribution is 2.39. The third-order valence-electron chi connectivity index (χ3n) is 7.46. The molecule has 8 heteroatoms. The number of hydrogen-bond donors (Lipinski definition) is 1. The van der Waals surface area contributed by atoms with Gasteiger partial charge in [-0.1, -0.05) is 72.8 Å². The van der Waals surface area contributed by atoms with E-state index in [2.05, 4.69) is 0 Å². The lowest BCUT2D eigenvalue weighted by molar-refractivity contribution is 0.0693. The predicted molar refractivity (Wildman–Crippen MR) is 176 cm³/mol. The van der Waals surface area contributed by atoms with Gasteiger partial charge < -0.3 is 24.1 Å². The Morgan fingerprint density at radius 3 is 1.91 bits per heavy atom. The van der Waals surface area contributed by atoms with Gasteiger partial charge in [-0.15, -0.1) is 0 Å². The van der Waals surface area contributed by atoms with Crippen molar-refractivity contribution >= 4 is 5.97 Å². The Morgan fingerprint density at radius 1 is 0.674 bits per heavy atom. The second-order valence-corrected chi connectivity index (χ2v) is 10.4. The largest absolute Gasteiger partial charge is 0.497 e. The monoisotopic (exact) mass is 612 g/mol. The SMILES string of the molecule is COc1ccc(OCc2ccccc2)c(-c2cn(-c3ccc(OC)c(C(=O)O)c3)c(-c3ccccc3OCc3ccccc3)n2)c1. The van der Waals surface area contributed by atoms with Crippen LogP contribution in [0.3, 0.4) is 0 Å². The summed E-state index contributed by atoms with van der Waals surface area (Å²) in [6, 6.07) is 38.1. The molecular weight excluding hydrogens is 580 g/mol. The number of rotatable bonds is 12. The van der Waals surface area contributed by atoms with Crippen LogP contribution in [0.1, 0.15) is 21.5 Å². The van der Waals surface area contributed by atoms with Gasteiger partial charge in [0.15, 0.2) is 0 Å². The standard InChI is InChI=1S/C38H32N2O6/c1-43-29-18-20-36(46-25-27-13-7-4-8-14-27)31(22-29)33-23-40(28-17-19-34(44-2)32(21-28)38(41)42)37(39-33)30-15-9-10-16-35(30)45-24-26-11-5-3-6-12-26/h3-23H,24-25H2,1-2H3,(H,41,42). The Kier molecular flexibility index (Phi) is 8.97. The second-order valence-electron chi connectivity index (χ2n) is 10.4. The van der Waals surface area contributed by atoms with E-state index in [1.54, 1.807) is 25.3 Å². The van der Waals surface area contributed by atoms with E-state index in [-0.39, 0.29) is 11.3 Å². The van der Waals surface area contributed by atoms with Gasteiger partial charge in [0.25, 0.3) is 0 Å². The number of carboxylic acids is 1. The first kappa shape index (κ1) is 30.0. The Balaban J connectivity index is 1.49. The molecule has 0 spiro atoms. The van der Waals surface area contributed by atoms with E-state index in [4.69, 9.17) is 23.9 Å². The molecule has 6 rings (SSSR count). The Bertz CT molecular complexity index is 1950. The van der Waals surface area contributed by atoms with Crippen LogP contribution in [-0.4, -0.2) is 34.8 Å². The number of aromatic nitrogens is 2. The number of benzene rings is 5. The number of nitrogens with zero attached hydrogens (tertiary/aromatic N) is 2. The molecule has 6 aromatic rings. The number of imidazole rings is 1. The van der Waals surface area contributed by atoms with Crippen molar-refractivity contribution in [3.8, 4) is 51.3 Å². The van der Waals surface area contributed by atoms with Gasteiger partial charge in [0, 0.05) is 17.4 Å². The van der Waals surface area contributed by atoms with Crippen molar-refractivity contribution in [3.63, 3.8) is 0 Å². The summed E-state index contributed by atoms with van der Waals surface area (Å²) >= 11 is 0. The maximum absolute atomic E-state index is 12.2. The lowest BCUT2D eigenvalue weighted by Crippen LogP contribution is -2.04. The smallest absolute Gasteiger partial charge is 0.339 e. The molecular formula is C38H32N2O6. The number of ether oxygens (including phenoxy) is 4. The summed E-state index contributed by atoms with van der Waals surface area (Å²) in [5, 5.41) is 9.95. The van der Waals surface area contributed by atoms with Crippen molar-refractivity contribution in [2.75, 3.05) is 14.2 Å². The van der Waals surface area contributed by atoms with Crippen molar-refractivity contribution in [1.29, 1.82) is 0 Å². The molecule has 5 aromatic carbocycles. The van der Waals surface area contributed by atoms with Crippen molar-refractivity contribution in [3.05, 3.63) is 144 Å². The molecule has 0 bridgehead atoms. The molecule has 0 saturated carbocycles. The lowest BCUT2D eigenvalue weighted by atomic mass is 10.1. The maximum Gasteiger partial charge on any atom is 0.339 e. The van der Waals surface area contributed by atoms with E-state index >= 15 is 0 Å². The first-order valence-corrected chi connectivity index (χ1v) is 14.7. The van der Waals surface area contributed by atoms with Gasteiger partial charge in [-0.3, -0.25) is 4.57 Å². The average Bonchev–Trinajstić information content (AvgIpc) is 3.55. The third-order valence-corrected chi connectivity index (χ3v) is 7.46. The number of para-hydroxylation sites is 1. The van der Waals surface area contributed by atoms with Crippen molar-refractivity contribution in [2.24, 2.45) is 0 Å². The fourth-order valence-corrected chi connectivity index (χ4v) is 5.12. The molecule has 0 aliphatic rings. The van der Waals surface area contributed by atoms with Gasteiger partial charge in [0.05, 0.1) is 25.5 Å². The zero-order valence-electron chi connectivity index (χ0n) is 25.4. The van der Waals surface area contributed by atoms with Crippen molar-refractivity contribution < 1.29 is 28.8 Å². The van der Waals surface area contributed by atoms with Crippen LogP contribution in [0.2, 0.25) is 0 Å². The molecule has 0 atom stereocenters. The molecule has 1 heterocycles. The maximum atomic E-state index is 12.2. The molecule has 1 aromatic heterocycles. The van der Waals surface area contributed by atoms with E-state index < -0.39 is 5.97 Å². The van der Waals surface area contributed by atoms with Crippen molar-refractivity contribution in [2.45, 2.75) is 13.2 Å². The summed E-state index contributed by atoms with van der Waals surface area (Å²) in [5.41, 5.74) is 4.71. The van der Waals surface area contributed by atoms with E-state index in [0.717, 1.165) is 16.7 Å². The predicted octanol–water partition coefficient (Wildman–Crippen LogP) is 8.08. The van der Waals surface area contributed by atoms with Gasteiger partial charge in [0.1, 0.15) is 47.6 Å². The van der Waals surface area contributed by atoms with Crippen LogP contribution >= 0.6 is 0 Å². The number of carboxylic acid groups (broad SMARTS) is 1. The summed E-state index contributed by atoms with van der Waals surface area (Å²) in [6.07, 6.45) is 1.86. The van der Waals surface area contributed by atoms with E-state index in [9.17, 15) is 9.90 Å². The summed E-state index contributed by atoms with van der Waals surface area (Å²) in [6.45, 7) is 0.731. The van der Waals surface area contributed by atoms with Crippen LogP contribution < -0.4 is 18.9 Å². The van der Waals surface area contributed by atoms with Gasteiger partial charge in [0.2, 0.25) is 0 Å². The molecule has 0 aliphatic carbocycles. The number of methoxy groups -OCH3 is 2. The quantitative estimate of drug-likeness (QED) is 0.149.